The molecule has 0 bridgehead atoms. The maximum Gasteiger partial charge on any atom is 0.181 e. The van der Waals surface area contributed by atoms with Crippen molar-refractivity contribution in [3.8, 4) is 0 Å². The van der Waals surface area contributed by atoms with Crippen molar-refractivity contribution in [1.82, 2.24) is 4.98 Å². The van der Waals surface area contributed by atoms with Gasteiger partial charge >= 0.3 is 0 Å². The van der Waals surface area contributed by atoms with E-state index in [1.807, 2.05) is 0 Å². The molecule has 0 aliphatic heterocycles. The average Bonchev–Trinajstić information content (AvgIpc) is 2.68. The summed E-state index contributed by atoms with van der Waals surface area (Å²) in [5, 5.41) is 0.811. The summed E-state index contributed by atoms with van der Waals surface area (Å²) in [5.74, 6) is 1.95. The van der Waals surface area contributed by atoms with Gasteiger partial charge in [0.2, 0.25) is 0 Å². The van der Waals surface area contributed by atoms with Gasteiger partial charge in [-0.2, -0.15) is 0 Å². The van der Waals surface area contributed by atoms with Crippen LogP contribution in [0.4, 0.5) is 0 Å². The first-order valence-electron chi connectivity index (χ1n) is 3.87. The Bertz CT molecular complexity index is 242. The van der Waals surface area contributed by atoms with E-state index < -0.39 is 0 Å². The summed E-state index contributed by atoms with van der Waals surface area (Å²) in [6.07, 6.45) is 5.35. The van der Waals surface area contributed by atoms with Crippen LogP contribution in [0.15, 0.2) is 10.8 Å². The highest BCUT2D eigenvalue weighted by Gasteiger charge is 2.24. The number of halogens is 1. The Morgan fingerprint density at radius 1 is 1.64 bits per heavy atom. The van der Waals surface area contributed by atoms with Gasteiger partial charge in [0.1, 0.15) is 5.76 Å². The van der Waals surface area contributed by atoms with Gasteiger partial charge in [0, 0.05) is 11.8 Å². The molecule has 1 aromatic rings. The van der Waals surface area contributed by atoms with Crippen molar-refractivity contribution in [3.05, 3.63) is 17.8 Å². The fourth-order valence-electron chi connectivity index (χ4n) is 1.15. The number of hydrogen-bond donors (Lipinski definition) is 0. The lowest BCUT2D eigenvalue weighted by atomic mass is 10.2. The van der Waals surface area contributed by atoms with Crippen LogP contribution in [-0.2, 0) is 11.8 Å². The lowest BCUT2D eigenvalue weighted by molar-refractivity contribution is 0.490. The minimum absolute atomic E-state index is 0.811. The van der Waals surface area contributed by atoms with Crippen LogP contribution in [0.5, 0.6) is 0 Å². The lowest BCUT2D eigenvalue weighted by Crippen LogP contribution is -1.89. The third kappa shape index (κ3) is 1.64. The fourth-order valence-corrected chi connectivity index (χ4v) is 1.61. The topological polar surface area (TPSA) is 26.0 Å². The molecule has 1 aliphatic rings. The SMILES string of the molecule is BrCc1ncoc1CC1CC1. The molecule has 0 unspecified atom stereocenters. The maximum absolute atomic E-state index is 5.27. The van der Waals surface area contributed by atoms with Crippen LogP contribution in [0.2, 0.25) is 0 Å². The second-order valence-electron chi connectivity index (χ2n) is 3.00. The highest BCUT2D eigenvalue weighted by molar-refractivity contribution is 9.08. The summed E-state index contributed by atoms with van der Waals surface area (Å²) in [5.41, 5.74) is 1.07. The number of oxazole rings is 1. The van der Waals surface area contributed by atoms with E-state index in [0.29, 0.717) is 0 Å². The van der Waals surface area contributed by atoms with Gasteiger partial charge in [-0.25, -0.2) is 4.98 Å². The molecule has 0 N–H and O–H groups in total. The van der Waals surface area contributed by atoms with Crippen LogP contribution < -0.4 is 0 Å². The molecular formula is C8H10BrNO. The quantitative estimate of drug-likeness (QED) is 0.725. The van der Waals surface area contributed by atoms with Crippen molar-refractivity contribution in [3.63, 3.8) is 0 Å². The molecule has 0 spiro atoms. The van der Waals surface area contributed by atoms with E-state index in [1.54, 1.807) is 0 Å². The summed E-state index contributed by atoms with van der Waals surface area (Å²) in [6.45, 7) is 0. The zero-order valence-electron chi connectivity index (χ0n) is 6.22. The van der Waals surface area contributed by atoms with E-state index in [4.69, 9.17) is 4.42 Å². The number of alkyl halides is 1. The summed E-state index contributed by atoms with van der Waals surface area (Å²) in [6, 6.07) is 0. The smallest absolute Gasteiger partial charge is 0.181 e. The Morgan fingerprint density at radius 3 is 3.09 bits per heavy atom. The highest BCUT2D eigenvalue weighted by atomic mass is 79.9. The van der Waals surface area contributed by atoms with Gasteiger partial charge in [0.15, 0.2) is 6.39 Å². The molecule has 0 aromatic carbocycles. The second kappa shape index (κ2) is 2.97. The predicted octanol–water partition coefficient (Wildman–Crippen LogP) is 2.52. The average molecular weight is 216 g/mol. The van der Waals surface area contributed by atoms with Crippen molar-refractivity contribution in [2.75, 3.05) is 0 Å². The standard InChI is InChI=1S/C8H10BrNO/c9-4-7-8(11-5-10-7)3-6-1-2-6/h5-6H,1-4H2. The molecule has 60 valence electrons. The third-order valence-electron chi connectivity index (χ3n) is 2.02. The molecule has 1 aromatic heterocycles. The normalized spacial score (nSPS) is 17.2. The highest BCUT2D eigenvalue weighted by Crippen LogP contribution is 2.33. The zero-order chi connectivity index (χ0) is 7.68. The minimum atomic E-state index is 0.811. The molecule has 3 heteroatoms. The van der Waals surface area contributed by atoms with E-state index >= 15 is 0 Å². The second-order valence-corrected chi connectivity index (χ2v) is 3.56. The predicted molar refractivity (Wildman–Crippen MR) is 45.6 cm³/mol. The monoisotopic (exact) mass is 215 g/mol. The van der Waals surface area contributed by atoms with Crippen molar-refractivity contribution < 1.29 is 4.42 Å². The van der Waals surface area contributed by atoms with E-state index in [1.165, 1.54) is 19.2 Å². The van der Waals surface area contributed by atoms with Crippen LogP contribution in [0.25, 0.3) is 0 Å². The molecule has 1 aliphatic carbocycles. The van der Waals surface area contributed by atoms with Crippen LogP contribution in [0, 0.1) is 5.92 Å². The van der Waals surface area contributed by atoms with Gasteiger partial charge in [0.05, 0.1) is 5.69 Å². The van der Waals surface area contributed by atoms with Crippen molar-refractivity contribution in [2.45, 2.75) is 24.6 Å². The molecule has 1 heterocycles. The molecule has 2 rings (SSSR count). The van der Waals surface area contributed by atoms with Gasteiger partial charge in [0.25, 0.3) is 0 Å². The summed E-state index contributed by atoms with van der Waals surface area (Å²) in [4.78, 5) is 4.10. The molecule has 0 atom stereocenters. The van der Waals surface area contributed by atoms with Crippen molar-refractivity contribution in [2.24, 2.45) is 5.92 Å². The molecule has 1 fully saturated rings. The van der Waals surface area contributed by atoms with E-state index in [-0.39, 0.29) is 0 Å². The van der Waals surface area contributed by atoms with Crippen molar-refractivity contribution >= 4 is 15.9 Å². The van der Waals surface area contributed by atoms with Crippen molar-refractivity contribution in [1.29, 1.82) is 0 Å². The molecule has 2 nitrogen and oxygen atoms in total. The van der Waals surface area contributed by atoms with Gasteiger partial charge in [-0.3, -0.25) is 0 Å². The Morgan fingerprint density at radius 2 is 2.45 bits per heavy atom. The largest absolute Gasteiger partial charge is 0.448 e. The van der Waals surface area contributed by atoms with E-state index in [0.717, 1.165) is 29.1 Å². The first-order valence-corrected chi connectivity index (χ1v) is 4.99. The third-order valence-corrected chi connectivity index (χ3v) is 2.55. The van der Waals surface area contributed by atoms with Crippen LogP contribution in [0.3, 0.4) is 0 Å². The maximum atomic E-state index is 5.27. The molecule has 0 amide bonds. The Kier molecular flexibility index (Phi) is 1.98. The number of nitrogens with zero attached hydrogens (tertiary/aromatic N) is 1. The van der Waals surface area contributed by atoms with Crippen LogP contribution >= 0.6 is 15.9 Å². The Labute approximate surface area is 74.1 Å². The number of aromatic nitrogens is 1. The zero-order valence-corrected chi connectivity index (χ0v) is 7.80. The summed E-state index contributed by atoms with van der Waals surface area (Å²) < 4.78 is 5.27. The van der Waals surface area contributed by atoms with Gasteiger partial charge in [-0.05, 0) is 18.8 Å². The number of hydrogen-bond acceptors (Lipinski definition) is 2. The molecular weight excluding hydrogens is 206 g/mol. The first-order chi connectivity index (χ1) is 5.40. The van der Waals surface area contributed by atoms with Gasteiger partial charge < -0.3 is 4.42 Å². The molecule has 0 saturated heterocycles. The van der Waals surface area contributed by atoms with E-state index in [9.17, 15) is 0 Å². The first kappa shape index (κ1) is 7.35. The lowest BCUT2D eigenvalue weighted by Gasteiger charge is -1.93. The van der Waals surface area contributed by atoms with E-state index in [2.05, 4.69) is 20.9 Å². The molecule has 0 radical (unpaired) electrons. The summed E-state index contributed by atoms with van der Waals surface area (Å²) in [7, 11) is 0. The van der Waals surface area contributed by atoms with Gasteiger partial charge in [-0.15, -0.1) is 0 Å². The minimum Gasteiger partial charge on any atom is -0.448 e. The summed E-state index contributed by atoms with van der Waals surface area (Å²) >= 11 is 3.38. The Hall–Kier alpha value is -0.310. The Balaban J connectivity index is 2.07. The molecule has 11 heavy (non-hydrogen) atoms. The van der Waals surface area contributed by atoms with Crippen LogP contribution in [0.1, 0.15) is 24.3 Å². The molecule has 1 saturated carbocycles. The van der Waals surface area contributed by atoms with Gasteiger partial charge in [-0.1, -0.05) is 15.9 Å². The van der Waals surface area contributed by atoms with Crippen LogP contribution in [-0.4, -0.2) is 4.98 Å². The fraction of sp³-hybridized carbons (Fsp3) is 0.625. The number of rotatable bonds is 3.